The number of halogens is 1. The molecule has 1 aromatic carbocycles. The van der Waals surface area contributed by atoms with Gasteiger partial charge >= 0.3 is 0 Å². The molecule has 0 saturated heterocycles. The van der Waals surface area contributed by atoms with Crippen molar-refractivity contribution in [2.75, 3.05) is 5.32 Å². The van der Waals surface area contributed by atoms with Crippen molar-refractivity contribution >= 4 is 32.4 Å². The van der Waals surface area contributed by atoms with Gasteiger partial charge in [0.05, 0.1) is 18.5 Å². The standard InChI is InChI=1S/C14H11BrN2OS/c15-11-4-1-3-10(7-11)13-9-19-14(17-13)16-8-12-5-2-6-18-12/h1-7,9H,8H2,(H,16,17). The Kier molecular flexibility index (Phi) is 3.66. The third-order valence-corrected chi connectivity index (χ3v) is 3.91. The maximum atomic E-state index is 5.27. The summed E-state index contributed by atoms with van der Waals surface area (Å²) in [5.41, 5.74) is 2.09. The number of furan rings is 1. The molecule has 0 unspecified atom stereocenters. The van der Waals surface area contributed by atoms with Gasteiger partial charge in [-0.1, -0.05) is 28.1 Å². The molecule has 2 heterocycles. The number of nitrogens with one attached hydrogen (secondary N) is 1. The second kappa shape index (κ2) is 5.59. The minimum Gasteiger partial charge on any atom is -0.467 e. The van der Waals surface area contributed by atoms with E-state index in [9.17, 15) is 0 Å². The molecule has 3 rings (SSSR count). The summed E-state index contributed by atoms with van der Waals surface area (Å²) in [6.45, 7) is 0.651. The second-order valence-corrected chi connectivity index (χ2v) is 5.75. The molecule has 0 spiro atoms. The fraction of sp³-hybridized carbons (Fsp3) is 0.0714. The normalized spacial score (nSPS) is 10.6. The molecule has 3 nitrogen and oxygen atoms in total. The number of nitrogens with zero attached hydrogens (tertiary/aromatic N) is 1. The Balaban J connectivity index is 1.72. The lowest BCUT2D eigenvalue weighted by molar-refractivity contribution is 0.518. The van der Waals surface area contributed by atoms with E-state index < -0.39 is 0 Å². The zero-order valence-corrected chi connectivity index (χ0v) is 12.4. The number of anilines is 1. The van der Waals surface area contributed by atoms with E-state index in [1.165, 1.54) is 0 Å². The minimum absolute atomic E-state index is 0.651. The van der Waals surface area contributed by atoms with E-state index in [0.717, 1.165) is 26.6 Å². The molecule has 0 fully saturated rings. The maximum Gasteiger partial charge on any atom is 0.183 e. The van der Waals surface area contributed by atoms with Crippen LogP contribution >= 0.6 is 27.3 Å². The van der Waals surface area contributed by atoms with E-state index in [4.69, 9.17) is 4.42 Å². The van der Waals surface area contributed by atoms with Crippen LogP contribution in [0.2, 0.25) is 0 Å². The fourth-order valence-electron chi connectivity index (χ4n) is 1.71. The molecule has 0 bridgehead atoms. The average molecular weight is 335 g/mol. The third kappa shape index (κ3) is 3.05. The Morgan fingerprint density at radius 1 is 1.26 bits per heavy atom. The highest BCUT2D eigenvalue weighted by Gasteiger charge is 2.05. The summed E-state index contributed by atoms with van der Waals surface area (Å²) < 4.78 is 6.33. The van der Waals surface area contributed by atoms with Crippen molar-refractivity contribution in [3.8, 4) is 11.3 Å². The number of aromatic nitrogens is 1. The van der Waals surface area contributed by atoms with Gasteiger partial charge in [0, 0.05) is 15.4 Å². The summed E-state index contributed by atoms with van der Waals surface area (Å²) in [6, 6.07) is 11.9. The molecule has 2 aromatic heterocycles. The van der Waals surface area contributed by atoms with Crippen LogP contribution < -0.4 is 5.32 Å². The van der Waals surface area contributed by atoms with E-state index in [1.807, 2.05) is 29.6 Å². The number of benzene rings is 1. The van der Waals surface area contributed by atoms with Crippen LogP contribution in [-0.4, -0.2) is 4.98 Å². The van der Waals surface area contributed by atoms with Crippen LogP contribution in [0.25, 0.3) is 11.3 Å². The Labute approximate surface area is 123 Å². The topological polar surface area (TPSA) is 38.1 Å². The first-order chi connectivity index (χ1) is 9.31. The van der Waals surface area contributed by atoms with Crippen molar-refractivity contribution in [3.05, 3.63) is 58.3 Å². The van der Waals surface area contributed by atoms with Gasteiger partial charge in [-0.25, -0.2) is 4.98 Å². The highest BCUT2D eigenvalue weighted by atomic mass is 79.9. The summed E-state index contributed by atoms with van der Waals surface area (Å²) >= 11 is 5.06. The van der Waals surface area contributed by atoms with E-state index in [2.05, 4.69) is 38.4 Å². The molecule has 1 N–H and O–H groups in total. The first-order valence-corrected chi connectivity index (χ1v) is 7.46. The summed E-state index contributed by atoms with van der Waals surface area (Å²) in [5.74, 6) is 0.902. The van der Waals surface area contributed by atoms with Gasteiger partial charge in [-0.3, -0.25) is 0 Å². The number of rotatable bonds is 4. The van der Waals surface area contributed by atoms with Crippen molar-refractivity contribution < 1.29 is 4.42 Å². The summed E-state index contributed by atoms with van der Waals surface area (Å²) in [6.07, 6.45) is 1.67. The maximum absolute atomic E-state index is 5.27. The quantitative estimate of drug-likeness (QED) is 0.746. The van der Waals surface area contributed by atoms with Gasteiger partial charge in [-0.05, 0) is 24.3 Å². The van der Waals surface area contributed by atoms with Gasteiger partial charge in [0.2, 0.25) is 0 Å². The van der Waals surface area contributed by atoms with E-state index in [0.29, 0.717) is 6.54 Å². The highest BCUT2D eigenvalue weighted by molar-refractivity contribution is 9.10. The first-order valence-electron chi connectivity index (χ1n) is 5.79. The molecule has 96 valence electrons. The van der Waals surface area contributed by atoms with Crippen LogP contribution in [0.5, 0.6) is 0 Å². The lowest BCUT2D eigenvalue weighted by Crippen LogP contribution is -1.97. The van der Waals surface area contributed by atoms with Crippen LogP contribution in [-0.2, 0) is 6.54 Å². The van der Waals surface area contributed by atoms with Crippen molar-refractivity contribution in [1.29, 1.82) is 0 Å². The van der Waals surface area contributed by atoms with Crippen LogP contribution in [0, 0.1) is 0 Å². The molecule has 19 heavy (non-hydrogen) atoms. The zero-order valence-electron chi connectivity index (χ0n) is 9.97. The Bertz CT molecular complexity index is 664. The predicted molar refractivity (Wildman–Crippen MR) is 81.3 cm³/mol. The lowest BCUT2D eigenvalue weighted by atomic mass is 10.2. The average Bonchev–Trinajstić information content (AvgIpc) is 3.08. The predicted octanol–water partition coefficient (Wildman–Crippen LogP) is 4.78. The van der Waals surface area contributed by atoms with Gasteiger partial charge in [-0.2, -0.15) is 0 Å². The van der Waals surface area contributed by atoms with Crippen LogP contribution in [0.4, 0.5) is 5.13 Å². The Hall–Kier alpha value is -1.59. The molecule has 0 radical (unpaired) electrons. The van der Waals surface area contributed by atoms with Gasteiger partial charge in [-0.15, -0.1) is 11.3 Å². The Morgan fingerprint density at radius 3 is 3.00 bits per heavy atom. The molecule has 0 aliphatic rings. The largest absolute Gasteiger partial charge is 0.467 e. The lowest BCUT2D eigenvalue weighted by Gasteiger charge is -1.99. The Morgan fingerprint density at radius 2 is 2.21 bits per heavy atom. The third-order valence-electron chi connectivity index (χ3n) is 2.62. The molecule has 0 aliphatic heterocycles. The van der Waals surface area contributed by atoms with Crippen molar-refractivity contribution in [3.63, 3.8) is 0 Å². The fourth-order valence-corrected chi connectivity index (χ4v) is 2.83. The second-order valence-electron chi connectivity index (χ2n) is 3.98. The van der Waals surface area contributed by atoms with Crippen LogP contribution in [0.3, 0.4) is 0 Å². The zero-order chi connectivity index (χ0) is 13.1. The first kappa shape index (κ1) is 12.4. The van der Waals surface area contributed by atoms with Crippen LogP contribution in [0.1, 0.15) is 5.76 Å². The van der Waals surface area contributed by atoms with E-state index in [1.54, 1.807) is 17.6 Å². The van der Waals surface area contributed by atoms with Crippen molar-refractivity contribution in [2.24, 2.45) is 0 Å². The van der Waals surface area contributed by atoms with Gasteiger partial charge in [0.25, 0.3) is 0 Å². The molecule has 0 aliphatic carbocycles. The van der Waals surface area contributed by atoms with Crippen molar-refractivity contribution in [1.82, 2.24) is 4.98 Å². The smallest absolute Gasteiger partial charge is 0.183 e. The molecular formula is C14H11BrN2OS. The van der Waals surface area contributed by atoms with Crippen molar-refractivity contribution in [2.45, 2.75) is 6.54 Å². The SMILES string of the molecule is Brc1cccc(-c2csc(NCc3ccco3)n2)c1. The molecule has 3 aromatic rings. The van der Waals surface area contributed by atoms with E-state index in [-0.39, 0.29) is 0 Å². The number of hydrogen-bond acceptors (Lipinski definition) is 4. The summed E-state index contributed by atoms with van der Waals surface area (Å²) in [5, 5.41) is 6.20. The summed E-state index contributed by atoms with van der Waals surface area (Å²) in [4.78, 5) is 4.57. The monoisotopic (exact) mass is 334 g/mol. The number of thiazole rings is 1. The molecule has 0 saturated carbocycles. The molecular weight excluding hydrogens is 324 g/mol. The van der Waals surface area contributed by atoms with Gasteiger partial charge in [0.1, 0.15) is 5.76 Å². The molecule has 0 atom stereocenters. The highest BCUT2D eigenvalue weighted by Crippen LogP contribution is 2.27. The molecule has 5 heteroatoms. The van der Waals surface area contributed by atoms with Crippen LogP contribution in [0.15, 0.2) is 56.9 Å². The molecule has 0 amide bonds. The van der Waals surface area contributed by atoms with Gasteiger partial charge < -0.3 is 9.73 Å². The van der Waals surface area contributed by atoms with Gasteiger partial charge in [0.15, 0.2) is 5.13 Å². The van der Waals surface area contributed by atoms with E-state index >= 15 is 0 Å². The minimum atomic E-state index is 0.651. The summed E-state index contributed by atoms with van der Waals surface area (Å²) in [7, 11) is 0. The number of hydrogen-bond donors (Lipinski definition) is 1.